The summed E-state index contributed by atoms with van der Waals surface area (Å²) in [7, 11) is 0. The lowest BCUT2D eigenvalue weighted by Crippen LogP contribution is -2.45. The van der Waals surface area contributed by atoms with E-state index in [1.165, 1.54) is 0 Å². The Morgan fingerprint density at radius 2 is 1.10 bits per heavy atom. The van der Waals surface area contributed by atoms with Gasteiger partial charge in [-0.15, -0.1) is 0 Å². The Labute approximate surface area is 289 Å². The van der Waals surface area contributed by atoms with Crippen LogP contribution in [0.25, 0.3) is 0 Å². The first-order chi connectivity index (χ1) is 23.2. The van der Waals surface area contributed by atoms with Crippen molar-refractivity contribution in [3.63, 3.8) is 0 Å². The van der Waals surface area contributed by atoms with Crippen LogP contribution in [-0.4, -0.2) is 80.9 Å². The molecule has 0 aromatic carbocycles. The summed E-state index contributed by atoms with van der Waals surface area (Å²) < 4.78 is 38.3. The molecule has 49 heavy (non-hydrogen) atoms. The van der Waals surface area contributed by atoms with Crippen LogP contribution in [0.2, 0.25) is 0 Å². The topological polar surface area (TPSA) is 150 Å². The lowest BCUT2D eigenvalue weighted by molar-refractivity contribution is -0.190. The molecule has 0 spiro atoms. The van der Waals surface area contributed by atoms with Crippen molar-refractivity contribution in [2.45, 2.75) is 130 Å². The Bertz CT molecular complexity index is 1230. The molecule has 10 atom stereocenters. The first-order valence-electron chi connectivity index (χ1n) is 18.3. The predicted octanol–water partition coefficient (Wildman–Crippen LogP) is 4.93. The number of hydrogen-bond donors (Lipinski definition) is 0. The molecule has 0 radical (unpaired) electrons. The molecule has 4 aliphatic heterocycles. The van der Waals surface area contributed by atoms with E-state index in [2.05, 4.69) is 0 Å². The van der Waals surface area contributed by atoms with Crippen LogP contribution in [0.5, 0.6) is 0 Å². The fraction of sp³-hybridized carbons (Fsp3) is 0.865. The SMILES string of the molecule is CCC(C)(C)C(=O)OCCOC(=O)COC1C2CC3CC(C2)C(=O)OC1C3.CCC(C)(C)C(=O)OCOC1C2CC3CC(C2)C(=O)OC1C3. The quantitative estimate of drug-likeness (QED) is 0.112. The summed E-state index contributed by atoms with van der Waals surface area (Å²) in [5, 5.41) is 0. The summed E-state index contributed by atoms with van der Waals surface area (Å²) in [6.07, 6.45) is 8.01. The number of esters is 5. The monoisotopic (exact) mass is 692 g/mol. The molecule has 10 unspecified atom stereocenters. The second-order valence-corrected chi connectivity index (χ2v) is 16.3. The minimum Gasteiger partial charge on any atom is -0.462 e. The van der Waals surface area contributed by atoms with Crippen LogP contribution in [0.3, 0.4) is 0 Å². The third-order valence-corrected chi connectivity index (χ3v) is 12.0. The molecular weight excluding hydrogens is 636 g/mol. The summed E-state index contributed by atoms with van der Waals surface area (Å²) in [5.41, 5.74) is -1.03. The third kappa shape index (κ3) is 8.96. The van der Waals surface area contributed by atoms with Gasteiger partial charge in [-0.1, -0.05) is 13.8 Å². The van der Waals surface area contributed by atoms with Gasteiger partial charge in [0.2, 0.25) is 0 Å². The van der Waals surface area contributed by atoms with E-state index in [0.717, 1.165) is 57.8 Å². The Morgan fingerprint density at radius 3 is 1.61 bits per heavy atom. The van der Waals surface area contributed by atoms with E-state index in [9.17, 15) is 24.0 Å². The highest BCUT2D eigenvalue weighted by atomic mass is 16.7. The highest BCUT2D eigenvalue weighted by Gasteiger charge is 2.52. The summed E-state index contributed by atoms with van der Waals surface area (Å²) in [6.45, 7) is 11.0. The molecule has 276 valence electrons. The molecule has 4 saturated carbocycles. The van der Waals surface area contributed by atoms with E-state index in [1.807, 2.05) is 41.5 Å². The van der Waals surface area contributed by atoms with Gasteiger partial charge in [-0.05, 0) is 116 Å². The van der Waals surface area contributed by atoms with E-state index in [1.54, 1.807) is 0 Å². The van der Waals surface area contributed by atoms with Gasteiger partial charge in [-0.2, -0.15) is 0 Å². The van der Waals surface area contributed by atoms with Gasteiger partial charge in [0.05, 0.1) is 28.8 Å². The fourth-order valence-corrected chi connectivity index (χ4v) is 8.36. The largest absolute Gasteiger partial charge is 0.462 e. The van der Waals surface area contributed by atoms with E-state index in [0.29, 0.717) is 24.2 Å². The molecule has 12 heteroatoms. The molecule has 0 amide bonds. The van der Waals surface area contributed by atoms with Gasteiger partial charge in [0.15, 0.2) is 6.79 Å². The van der Waals surface area contributed by atoms with Crippen LogP contribution in [0.4, 0.5) is 0 Å². The molecule has 0 aromatic heterocycles. The number of hydrogen-bond acceptors (Lipinski definition) is 12. The number of carbonyl (C=O) groups is 5. The van der Waals surface area contributed by atoms with Gasteiger partial charge in [0.25, 0.3) is 0 Å². The third-order valence-electron chi connectivity index (χ3n) is 12.0. The Morgan fingerprint density at radius 1 is 0.633 bits per heavy atom. The molecule has 4 saturated heterocycles. The molecular formula is C37H56O12. The highest BCUT2D eigenvalue weighted by molar-refractivity contribution is 5.76. The van der Waals surface area contributed by atoms with Gasteiger partial charge < -0.3 is 33.2 Å². The predicted molar refractivity (Wildman–Crippen MR) is 173 cm³/mol. The molecule has 0 aromatic rings. The van der Waals surface area contributed by atoms with Gasteiger partial charge >= 0.3 is 29.8 Å². The van der Waals surface area contributed by atoms with Crippen LogP contribution in [0, 0.1) is 46.3 Å². The maximum absolute atomic E-state index is 12.1. The number of fused-ring (bicyclic) bond motifs is 2. The first-order valence-corrected chi connectivity index (χ1v) is 18.3. The zero-order valence-electron chi connectivity index (χ0n) is 30.1. The summed E-state index contributed by atoms with van der Waals surface area (Å²) in [6, 6.07) is 0. The van der Waals surface area contributed by atoms with Crippen molar-refractivity contribution in [1.82, 2.24) is 0 Å². The Balaban J connectivity index is 0.000000195. The molecule has 4 aliphatic carbocycles. The molecule has 0 N–H and O–H groups in total. The summed E-state index contributed by atoms with van der Waals surface area (Å²) >= 11 is 0. The van der Waals surface area contributed by atoms with Crippen molar-refractivity contribution in [3.8, 4) is 0 Å². The van der Waals surface area contributed by atoms with E-state index in [-0.39, 0.29) is 92.7 Å². The Hall–Kier alpha value is -2.73. The van der Waals surface area contributed by atoms with Gasteiger partial charge in [-0.3, -0.25) is 19.2 Å². The lowest BCUT2D eigenvalue weighted by atomic mass is 9.67. The van der Waals surface area contributed by atoms with Crippen molar-refractivity contribution >= 4 is 29.8 Å². The lowest BCUT2D eigenvalue weighted by Gasteiger charge is -2.41. The summed E-state index contributed by atoms with van der Waals surface area (Å²) in [4.78, 5) is 59.8. The van der Waals surface area contributed by atoms with Crippen LogP contribution < -0.4 is 0 Å². The average molecular weight is 693 g/mol. The highest BCUT2D eigenvalue weighted by Crippen LogP contribution is 2.49. The number of rotatable bonds is 13. The van der Waals surface area contributed by atoms with Crippen molar-refractivity contribution in [1.29, 1.82) is 0 Å². The maximum Gasteiger partial charge on any atom is 0.332 e. The fourth-order valence-electron chi connectivity index (χ4n) is 8.36. The molecule has 8 rings (SSSR count). The second kappa shape index (κ2) is 15.7. The Kier molecular flexibility index (Phi) is 12.0. The van der Waals surface area contributed by atoms with E-state index >= 15 is 0 Å². The van der Waals surface area contributed by atoms with Crippen molar-refractivity contribution in [2.24, 2.45) is 46.3 Å². The summed E-state index contributed by atoms with van der Waals surface area (Å²) in [5.74, 6) is 0.545. The standard InChI is InChI=1S/C20H30O7.C17H26O5/c1-4-20(2,3)19(23)25-6-5-24-16(21)11-26-17-13-7-12-8-14(10-13)18(22)27-15(17)9-12;1-4-17(2,3)16(19)21-9-20-14-11-5-10-6-12(8-11)15(18)22-13(14)7-10/h12-15,17H,4-11H2,1-3H3;10-14H,4-9H2,1-3H3. The van der Waals surface area contributed by atoms with E-state index < -0.39 is 16.8 Å². The second-order valence-electron chi connectivity index (χ2n) is 16.3. The molecule has 12 nitrogen and oxygen atoms in total. The molecule has 8 aliphatic rings. The molecule has 8 fully saturated rings. The number of ether oxygens (including phenoxy) is 7. The zero-order chi connectivity index (χ0) is 35.5. The van der Waals surface area contributed by atoms with Crippen molar-refractivity contribution in [3.05, 3.63) is 0 Å². The van der Waals surface area contributed by atoms with Crippen LogP contribution >= 0.6 is 0 Å². The normalized spacial score (nSPS) is 34.2. The maximum atomic E-state index is 12.1. The van der Waals surface area contributed by atoms with Crippen LogP contribution in [0.1, 0.15) is 106 Å². The minimum absolute atomic E-state index is 0.00435. The minimum atomic E-state index is -0.539. The van der Waals surface area contributed by atoms with E-state index in [4.69, 9.17) is 33.2 Å². The van der Waals surface area contributed by atoms with Crippen LogP contribution in [-0.2, 0) is 57.1 Å². The number of carbonyl (C=O) groups excluding carboxylic acids is 5. The van der Waals surface area contributed by atoms with Crippen molar-refractivity contribution < 1.29 is 57.1 Å². The van der Waals surface area contributed by atoms with Gasteiger partial charge in [0.1, 0.15) is 38.1 Å². The average Bonchev–Trinajstić information content (AvgIpc) is 3.33. The van der Waals surface area contributed by atoms with Crippen molar-refractivity contribution in [2.75, 3.05) is 26.6 Å². The zero-order valence-corrected chi connectivity index (χ0v) is 30.1. The molecule has 4 heterocycles. The smallest absolute Gasteiger partial charge is 0.332 e. The molecule has 8 bridgehead atoms. The van der Waals surface area contributed by atoms with Gasteiger partial charge in [0, 0.05) is 0 Å². The van der Waals surface area contributed by atoms with Crippen LogP contribution in [0.15, 0.2) is 0 Å². The van der Waals surface area contributed by atoms with Gasteiger partial charge in [-0.25, -0.2) is 4.79 Å². The first kappa shape index (κ1) is 37.5.